The predicted molar refractivity (Wildman–Crippen MR) is 79.0 cm³/mol. The first-order valence-electron chi connectivity index (χ1n) is 5.97. The molecular formula is C14H11BrFN3O. The summed E-state index contributed by atoms with van der Waals surface area (Å²) in [5.74, 6) is -0.366. The van der Waals surface area contributed by atoms with E-state index in [2.05, 4.69) is 25.9 Å². The Kier molecular flexibility index (Phi) is 3.19. The van der Waals surface area contributed by atoms with Crippen molar-refractivity contribution in [3.05, 3.63) is 68.3 Å². The second-order valence-electron chi connectivity index (χ2n) is 4.53. The molecule has 1 heterocycles. The number of aromatic amines is 2. The Morgan fingerprint density at radius 2 is 1.85 bits per heavy atom. The van der Waals surface area contributed by atoms with Crippen LogP contribution < -0.4 is 11.4 Å². The van der Waals surface area contributed by atoms with E-state index in [4.69, 9.17) is 5.73 Å². The summed E-state index contributed by atoms with van der Waals surface area (Å²) in [6.45, 7) is 0. The second-order valence-corrected chi connectivity index (χ2v) is 5.44. The Labute approximate surface area is 121 Å². The monoisotopic (exact) mass is 335 g/mol. The molecule has 0 saturated carbocycles. The Morgan fingerprint density at radius 1 is 1.10 bits per heavy atom. The summed E-state index contributed by atoms with van der Waals surface area (Å²) in [4.78, 5) is 16.5. The number of hydrogen-bond donors (Lipinski definition) is 3. The van der Waals surface area contributed by atoms with E-state index >= 15 is 0 Å². The molecule has 102 valence electrons. The average molecular weight is 336 g/mol. The molecule has 0 aliphatic rings. The van der Waals surface area contributed by atoms with E-state index in [-0.39, 0.29) is 11.5 Å². The van der Waals surface area contributed by atoms with Crippen molar-refractivity contribution in [2.45, 2.75) is 6.04 Å². The number of rotatable bonds is 2. The number of aromatic nitrogens is 2. The van der Waals surface area contributed by atoms with Crippen molar-refractivity contribution in [3.8, 4) is 0 Å². The normalized spacial score (nSPS) is 12.8. The fourth-order valence-electron chi connectivity index (χ4n) is 2.18. The van der Waals surface area contributed by atoms with Gasteiger partial charge in [-0.3, -0.25) is 0 Å². The molecule has 2 aromatic carbocycles. The molecule has 0 bridgehead atoms. The molecule has 4 nitrogen and oxygen atoms in total. The highest BCUT2D eigenvalue weighted by Crippen LogP contribution is 2.26. The molecule has 6 heteroatoms. The van der Waals surface area contributed by atoms with Crippen LogP contribution in [0.15, 0.2) is 45.7 Å². The topological polar surface area (TPSA) is 74.7 Å². The van der Waals surface area contributed by atoms with E-state index in [0.717, 1.165) is 5.56 Å². The maximum Gasteiger partial charge on any atom is 0.323 e. The maximum absolute atomic E-state index is 13.9. The van der Waals surface area contributed by atoms with Crippen molar-refractivity contribution in [3.63, 3.8) is 0 Å². The van der Waals surface area contributed by atoms with Crippen LogP contribution >= 0.6 is 15.9 Å². The van der Waals surface area contributed by atoms with E-state index in [1.165, 1.54) is 6.07 Å². The lowest BCUT2D eigenvalue weighted by Gasteiger charge is -2.13. The third-order valence-corrected chi connectivity index (χ3v) is 3.69. The van der Waals surface area contributed by atoms with Gasteiger partial charge in [0.05, 0.1) is 17.1 Å². The molecule has 0 aliphatic heterocycles. The molecule has 3 rings (SSSR count). The molecule has 4 N–H and O–H groups in total. The summed E-state index contributed by atoms with van der Waals surface area (Å²) in [5.41, 5.74) is 8.32. The van der Waals surface area contributed by atoms with E-state index < -0.39 is 6.04 Å². The van der Waals surface area contributed by atoms with Gasteiger partial charge in [-0.15, -0.1) is 0 Å². The summed E-state index contributed by atoms with van der Waals surface area (Å²) in [7, 11) is 0. The molecule has 3 aromatic rings. The SMILES string of the molecule is NC(c1ccc2[nH]c(=O)[nH]c2c1)c1ccc(Br)cc1F. The van der Waals surface area contributed by atoms with Crippen molar-refractivity contribution in [2.75, 3.05) is 0 Å². The van der Waals surface area contributed by atoms with Crippen LogP contribution in [0.25, 0.3) is 11.0 Å². The molecule has 0 spiro atoms. The van der Waals surface area contributed by atoms with Gasteiger partial charge in [0.15, 0.2) is 0 Å². The lowest BCUT2D eigenvalue weighted by atomic mass is 9.99. The van der Waals surface area contributed by atoms with Gasteiger partial charge in [0.2, 0.25) is 0 Å². The minimum atomic E-state index is -0.592. The molecule has 0 saturated heterocycles. The predicted octanol–water partition coefficient (Wildman–Crippen LogP) is 2.81. The van der Waals surface area contributed by atoms with Gasteiger partial charge in [0.1, 0.15) is 5.82 Å². The van der Waals surface area contributed by atoms with Crippen LogP contribution in [-0.2, 0) is 0 Å². The molecular weight excluding hydrogens is 325 g/mol. The lowest BCUT2D eigenvalue weighted by molar-refractivity contribution is 0.599. The third-order valence-electron chi connectivity index (χ3n) is 3.20. The summed E-state index contributed by atoms with van der Waals surface area (Å²) in [5, 5.41) is 0. The Hall–Kier alpha value is -1.92. The standard InChI is InChI=1S/C14H11BrFN3O/c15-8-2-3-9(10(16)6-8)13(17)7-1-4-11-12(5-7)19-14(20)18-11/h1-6,13H,17H2,(H2,18,19,20). The first-order valence-corrected chi connectivity index (χ1v) is 6.76. The molecule has 1 aromatic heterocycles. The quantitative estimate of drug-likeness (QED) is 0.673. The van der Waals surface area contributed by atoms with Crippen LogP contribution in [0.3, 0.4) is 0 Å². The molecule has 0 aliphatic carbocycles. The number of nitrogens with one attached hydrogen (secondary N) is 2. The first kappa shape index (κ1) is 13.1. The zero-order valence-electron chi connectivity index (χ0n) is 10.3. The highest BCUT2D eigenvalue weighted by Gasteiger charge is 2.14. The van der Waals surface area contributed by atoms with Gasteiger partial charge >= 0.3 is 5.69 Å². The Bertz CT molecular complexity index is 840. The van der Waals surface area contributed by atoms with Crippen molar-refractivity contribution in [2.24, 2.45) is 5.73 Å². The molecule has 0 radical (unpaired) electrons. The van der Waals surface area contributed by atoms with Gasteiger partial charge in [-0.05, 0) is 29.8 Å². The van der Waals surface area contributed by atoms with E-state index in [1.54, 1.807) is 30.3 Å². The van der Waals surface area contributed by atoms with Crippen molar-refractivity contribution in [1.29, 1.82) is 0 Å². The number of fused-ring (bicyclic) bond motifs is 1. The third kappa shape index (κ3) is 2.28. The highest BCUT2D eigenvalue weighted by atomic mass is 79.9. The lowest BCUT2D eigenvalue weighted by Crippen LogP contribution is -2.13. The number of benzene rings is 2. The molecule has 1 unspecified atom stereocenters. The van der Waals surface area contributed by atoms with Crippen molar-refractivity contribution < 1.29 is 4.39 Å². The van der Waals surface area contributed by atoms with Crippen molar-refractivity contribution >= 4 is 27.0 Å². The van der Waals surface area contributed by atoms with E-state index in [0.29, 0.717) is 21.1 Å². The number of H-pyrrole nitrogens is 2. The van der Waals surface area contributed by atoms with Crippen LogP contribution in [0.5, 0.6) is 0 Å². The first-order chi connectivity index (χ1) is 9.54. The molecule has 1 atom stereocenters. The van der Waals surface area contributed by atoms with E-state index in [1.807, 2.05) is 0 Å². The zero-order chi connectivity index (χ0) is 14.3. The summed E-state index contributed by atoms with van der Waals surface area (Å²) < 4.78 is 14.6. The number of nitrogens with two attached hydrogens (primary N) is 1. The van der Waals surface area contributed by atoms with Gasteiger partial charge < -0.3 is 15.7 Å². The summed E-state index contributed by atoms with van der Waals surface area (Å²) >= 11 is 3.21. The van der Waals surface area contributed by atoms with Crippen molar-refractivity contribution in [1.82, 2.24) is 9.97 Å². The number of halogens is 2. The average Bonchev–Trinajstić information content (AvgIpc) is 2.77. The van der Waals surface area contributed by atoms with Gasteiger partial charge in [-0.2, -0.15) is 0 Å². The largest absolute Gasteiger partial charge is 0.323 e. The van der Waals surface area contributed by atoms with Crippen LogP contribution in [0, 0.1) is 5.82 Å². The van der Waals surface area contributed by atoms with Crippen LogP contribution in [0.2, 0.25) is 0 Å². The minimum Gasteiger partial charge on any atom is -0.320 e. The summed E-state index contributed by atoms with van der Waals surface area (Å²) in [6.07, 6.45) is 0. The summed E-state index contributed by atoms with van der Waals surface area (Å²) in [6, 6.07) is 9.46. The Morgan fingerprint density at radius 3 is 2.60 bits per heavy atom. The molecule has 20 heavy (non-hydrogen) atoms. The van der Waals surface area contributed by atoms with Gasteiger partial charge in [0.25, 0.3) is 0 Å². The fourth-order valence-corrected chi connectivity index (χ4v) is 2.51. The maximum atomic E-state index is 13.9. The van der Waals surface area contributed by atoms with Gasteiger partial charge in [0, 0.05) is 10.0 Å². The zero-order valence-corrected chi connectivity index (χ0v) is 11.9. The Balaban J connectivity index is 2.06. The number of hydrogen-bond acceptors (Lipinski definition) is 2. The van der Waals surface area contributed by atoms with E-state index in [9.17, 15) is 9.18 Å². The molecule has 0 fully saturated rings. The van der Waals surface area contributed by atoms with Gasteiger partial charge in [-0.25, -0.2) is 9.18 Å². The molecule has 0 amide bonds. The second kappa shape index (κ2) is 4.88. The van der Waals surface area contributed by atoms with Gasteiger partial charge in [-0.1, -0.05) is 28.1 Å². The highest BCUT2D eigenvalue weighted by molar-refractivity contribution is 9.10. The minimum absolute atomic E-state index is 0.277. The smallest absolute Gasteiger partial charge is 0.320 e. The van der Waals surface area contributed by atoms with Crippen LogP contribution in [-0.4, -0.2) is 9.97 Å². The van der Waals surface area contributed by atoms with Crippen LogP contribution in [0.1, 0.15) is 17.2 Å². The van der Waals surface area contributed by atoms with Crippen LogP contribution in [0.4, 0.5) is 4.39 Å². The fraction of sp³-hybridized carbons (Fsp3) is 0.0714. The number of imidazole rings is 1.